The van der Waals surface area contributed by atoms with E-state index in [1.807, 2.05) is 12.1 Å². The molecule has 1 rings (SSSR count). The lowest BCUT2D eigenvalue weighted by molar-refractivity contribution is 0.474. The number of benzene rings is 1. The first-order chi connectivity index (χ1) is 6.22. The van der Waals surface area contributed by atoms with Crippen LogP contribution in [0.2, 0.25) is 0 Å². The SMILES string of the molecule is C[C@@H](CNCl)Cc1ccc(O)cc1. The Morgan fingerprint density at radius 2 is 2.00 bits per heavy atom. The predicted molar refractivity (Wildman–Crippen MR) is 54.8 cm³/mol. The lowest BCUT2D eigenvalue weighted by atomic mass is 10.0. The highest BCUT2D eigenvalue weighted by Gasteiger charge is 2.02. The lowest BCUT2D eigenvalue weighted by Crippen LogP contribution is -2.13. The van der Waals surface area contributed by atoms with Gasteiger partial charge in [-0.15, -0.1) is 0 Å². The average molecular weight is 200 g/mol. The van der Waals surface area contributed by atoms with Gasteiger partial charge in [0.25, 0.3) is 0 Å². The maximum Gasteiger partial charge on any atom is 0.115 e. The van der Waals surface area contributed by atoms with Gasteiger partial charge in [-0.2, -0.15) is 0 Å². The van der Waals surface area contributed by atoms with E-state index in [2.05, 4.69) is 11.8 Å². The van der Waals surface area contributed by atoms with E-state index in [9.17, 15) is 0 Å². The van der Waals surface area contributed by atoms with E-state index < -0.39 is 0 Å². The van der Waals surface area contributed by atoms with Crippen molar-refractivity contribution in [2.45, 2.75) is 13.3 Å². The Balaban J connectivity index is 2.49. The first kappa shape index (κ1) is 10.4. The van der Waals surface area contributed by atoms with Crippen molar-refractivity contribution in [3.8, 4) is 5.75 Å². The molecule has 0 saturated carbocycles. The highest BCUT2D eigenvalue weighted by atomic mass is 35.5. The molecule has 2 nitrogen and oxygen atoms in total. The summed E-state index contributed by atoms with van der Waals surface area (Å²) in [5.41, 5.74) is 1.22. The Labute approximate surface area is 83.7 Å². The van der Waals surface area contributed by atoms with Gasteiger partial charge in [0, 0.05) is 6.54 Å². The van der Waals surface area contributed by atoms with Crippen LogP contribution in [0, 0.1) is 5.92 Å². The maximum atomic E-state index is 9.06. The summed E-state index contributed by atoms with van der Waals surface area (Å²) in [5.74, 6) is 0.814. The number of halogens is 1. The van der Waals surface area contributed by atoms with E-state index in [0.717, 1.165) is 13.0 Å². The molecule has 0 unspecified atom stereocenters. The molecule has 13 heavy (non-hydrogen) atoms. The summed E-state index contributed by atoms with van der Waals surface area (Å²) in [7, 11) is 0. The van der Waals surface area contributed by atoms with E-state index in [0.29, 0.717) is 11.7 Å². The minimum Gasteiger partial charge on any atom is -0.508 e. The molecule has 0 aliphatic rings. The van der Waals surface area contributed by atoms with Crippen LogP contribution in [-0.4, -0.2) is 11.7 Å². The molecule has 0 heterocycles. The number of hydrogen-bond acceptors (Lipinski definition) is 2. The Hall–Kier alpha value is -0.730. The topological polar surface area (TPSA) is 32.3 Å². The highest BCUT2D eigenvalue weighted by Crippen LogP contribution is 2.13. The van der Waals surface area contributed by atoms with E-state index in [-0.39, 0.29) is 0 Å². The van der Waals surface area contributed by atoms with E-state index in [4.69, 9.17) is 16.9 Å². The molecule has 0 amide bonds. The Bertz CT molecular complexity index is 248. The summed E-state index contributed by atoms with van der Waals surface area (Å²) in [6, 6.07) is 7.27. The molecule has 0 spiro atoms. The van der Waals surface area contributed by atoms with Gasteiger partial charge in [-0.25, -0.2) is 4.84 Å². The molecule has 3 heteroatoms. The molecule has 1 aromatic rings. The van der Waals surface area contributed by atoms with Gasteiger partial charge in [-0.1, -0.05) is 19.1 Å². The third-order valence-electron chi connectivity index (χ3n) is 1.95. The third kappa shape index (κ3) is 3.66. The summed E-state index contributed by atoms with van der Waals surface area (Å²) < 4.78 is 0. The van der Waals surface area contributed by atoms with Crippen molar-refractivity contribution in [2.24, 2.45) is 5.92 Å². The van der Waals surface area contributed by atoms with Gasteiger partial charge >= 0.3 is 0 Å². The first-order valence-electron chi connectivity index (χ1n) is 4.33. The summed E-state index contributed by atoms with van der Waals surface area (Å²) in [4.78, 5) is 2.62. The fraction of sp³-hybridized carbons (Fsp3) is 0.400. The van der Waals surface area contributed by atoms with Gasteiger partial charge < -0.3 is 5.11 Å². The van der Waals surface area contributed by atoms with Crippen molar-refractivity contribution in [2.75, 3.05) is 6.54 Å². The molecular formula is C10H14ClNO. The van der Waals surface area contributed by atoms with Crippen LogP contribution in [0.5, 0.6) is 5.75 Å². The molecule has 72 valence electrons. The second-order valence-corrected chi connectivity index (χ2v) is 3.58. The lowest BCUT2D eigenvalue weighted by Gasteiger charge is -2.09. The zero-order valence-electron chi connectivity index (χ0n) is 7.63. The molecule has 0 aromatic heterocycles. The summed E-state index contributed by atoms with van der Waals surface area (Å²) in [5, 5.41) is 9.06. The molecule has 0 bridgehead atoms. The van der Waals surface area contributed by atoms with Crippen LogP contribution in [0.3, 0.4) is 0 Å². The zero-order chi connectivity index (χ0) is 9.68. The van der Waals surface area contributed by atoms with E-state index in [1.165, 1.54) is 5.56 Å². The third-order valence-corrected chi connectivity index (χ3v) is 2.10. The standard InChI is InChI=1S/C10H14ClNO/c1-8(7-12-11)6-9-2-4-10(13)5-3-9/h2-5,8,12-13H,6-7H2,1H3/t8-/m1/s1. The molecule has 0 radical (unpaired) electrons. The molecule has 0 saturated heterocycles. The van der Waals surface area contributed by atoms with Crippen molar-refractivity contribution in [3.05, 3.63) is 29.8 Å². The number of phenols is 1. The number of rotatable bonds is 4. The van der Waals surface area contributed by atoms with Crippen molar-refractivity contribution >= 4 is 11.8 Å². The number of nitrogens with one attached hydrogen (secondary N) is 1. The highest BCUT2D eigenvalue weighted by molar-refractivity contribution is 6.13. The van der Waals surface area contributed by atoms with Crippen LogP contribution in [-0.2, 0) is 6.42 Å². The smallest absolute Gasteiger partial charge is 0.115 e. The van der Waals surface area contributed by atoms with Crippen LogP contribution >= 0.6 is 11.8 Å². The van der Waals surface area contributed by atoms with Crippen LogP contribution < -0.4 is 4.84 Å². The molecule has 1 atom stereocenters. The van der Waals surface area contributed by atoms with E-state index >= 15 is 0 Å². The summed E-state index contributed by atoms with van der Waals surface area (Å²) in [6.07, 6.45) is 0.972. The quantitative estimate of drug-likeness (QED) is 0.730. The van der Waals surface area contributed by atoms with Crippen molar-refractivity contribution in [1.82, 2.24) is 4.84 Å². The summed E-state index contributed by atoms with van der Waals surface area (Å²) >= 11 is 5.40. The number of aromatic hydroxyl groups is 1. The first-order valence-corrected chi connectivity index (χ1v) is 4.71. The van der Waals surface area contributed by atoms with Gasteiger partial charge in [0.05, 0.1) is 0 Å². The minimum atomic E-state index is 0.312. The Morgan fingerprint density at radius 3 is 2.54 bits per heavy atom. The van der Waals surface area contributed by atoms with Crippen LogP contribution in [0.15, 0.2) is 24.3 Å². The Morgan fingerprint density at radius 1 is 1.38 bits per heavy atom. The molecule has 0 fully saturated rings. The van der Waals surface area contributed by atoms with E-state index in [1.54, 1.807) is 12.1 Å². The van der Waals surface area contributed by atoms with Gasteiger partial charge in [-0.3, -0.25) is 0 Å². The molecule has 0 aliphatic heterocycles. The monoisotopic (exact) mass is 199 g/mol. The van der Waals surface area contributed by atoms with Gasteiger partial charge in [0.1, 0.15) is 5.75 Å². The zero-order valence-corrected chi connectivity index (χ0v) is 8.38. The molecular weight excluding hydrogens is 186 g/mol. The summed E-state index contributed by atoms with van der Waals surface area (Å²) in [6.45, 7) is 2.92. The number of hydrogen-bond donors (Lipinski definition) is 2. The van der Waals surface area contributed by atoms with Gasteiger partial charge in [0.15, 0.2) is 0 Å². The van der Waals surface area contributed by atoms with Crippen LogP contribution in [0.1, 0.15) is 12.5 Å². The second-order valence-electron chi connectivity index (χ2n) is 3.31. The second kappa shape index (κ2) is 5.10. The van der Waals surface area contributed by atoms with Gasteiger partial charge in [0.2, 0.25) is 0 Å². The van der Waals surface area contributed by atoms with Gasteiger partial charge in [-0.05, 0) is 41.8 Å². The molecule has 1 aromatic carbocycles. The van der Waals surface area contributed by atoms with Crippen LogP contribution in [0.4, 0.5) is 0 Å². The minimum absolute atomic E-state index is 0.312. The molecule has 0 aliphatic carbocycles. The Kier molecular flexibility index (Phi) is 4.06. The predicted octanol–water partition coefficient (Wildman–Crippen LogP) is 2.31. The fourth-order valence-corrected chi connectivity index (χ4v) is 1.50. The van der Waals surface area contributed by atoms with Crippen LogP contribution in [0.25, 0.3) is 0 Å². The molecule has 2 N–H and O–H groups in total. The normalized spacial score (nSPS) is 12.8. The van der Waals surface area contributed by atoms with Crippen molar-refractivity contribution < 1.29 is 5.11 Å². The van der Waals surface area contributed by atoms with Crippen molar-refractivity contribution in [3.63, 3.8) is 0 Å². The largest absolute Gasteiger partial charge is 0.508 e. The fourth-order valence-electron chi connectivity index (χ4n) is 1.24. The number of phenolic OH excluding ortho intramolecular Hbond substituents is 1. The van der Waals surface area contributed by atoms with Crippen molar-refractivity contribution in [1.29, 1.82) is 0 Å². The maximum absolute atomic E-state index is 9.06. The average Bonchev–Trinajstić information content (AvgIpc) is 2.09.